The van der Waals surface area contributed by atoms with Crippen LogP contribution in [0.3, 0.4) is 0 Å². The Kier molecular flexibility index (Phi) is 5.59. The molecule has 2 nitrogen and oxygen atoms in total. The van der Waals surface area contributed by atoms with E-state index < -0.39 is 0 Å². The molecule has 0 bridgehead atoms. The maximum atomic E-state index is 6.04. The van der Waals surface area contributed by atoms with E-state index in [1.165, 1.54) is 47.8 Å². The largest absolute Gasteiger partial charge is 0.370 e. The molecule has 2 rings (SSSR count). The second-order valence-electron chi connectivity index (χ2n) is 5.45. The summed E-state index contributed by atoms with van der Waals surface area (Å²) in [4.78, 5) is 2.54. The van der Waals surface area contributed by atoms with Crippen LogP contribution >= 0.6 is 11.8 Å². The van der Waals surface area contributed by atoms with Crippen LogP contribution in [0.4, 0.5) is 5.69 Å². The van der Waals surface area contributed by atoms with Gasteiger partial charge in [0, 0.05) is 30.6 Å². The first-order chi connectivity index (χ1) is 9.20. The minimum Gasteiger partial charge on any atom is -0.370 e. The number of nitrogens with zero attached hydrogens (tertiary/aromatic N) is 1. The summed E-state index contributed by atoms with van der Waals surface area (Å²) in [5, 5.41) is 0. The molecule has 0 saturated carbocycles. The Morgan fingerprint density at radius 1 is 1.32 bits per heavy atom. The van der Waals surface area contributed by atoms with E-state index in [1.807, 2.05) is 0 Å². The molecule has 0 spiro atoms. The van der Waals surface area contributed by atoms with Crippen molar-refractivity contribution in [2.24, 2.45) is 5.73 Å². The van der Waals surface area contributed by atoms with E-state index in [9.17, 15) is 0 Å². The third-order valence-corrected chi connectivity index (χ3v) is 4.90. The average molecular weight is 278 g/mol. The van der Waals surface area contributed by atoms with Crippen LogP contribution in [0.2, 0.25) is 0 Å². The van der Waals surface area contributed by atoms with Gasteiger partial charge in [0.15, 0.2) is 0 Å². The number of hydrogen-bond acceptors (Lipinski definition) is 3. The molecule has 1 aromatic carbocycles. The molecule has 106 valence electrons. The van der Waals surface area contributed by atoms with Crippen LogP contribution in [0.5, 0.6) is 0 Å². The van der Waals surface area contributed by atoms with Crippen molar-refractivity contribution in [3.05, 3.63) is 29.3 Å². The van der Waals surface area contributed by atoms with Gasteiger partial charge in [0.2, 0.25) is 0 Å². The van der Waals surface area contributed by atoms with Gasteiger partial charge in [-0.05, 0) is 49.1 Å². The smallest absolute Gasteiger partial charge is 0.0396 e. The van der Waals surface area contributed by atoms with Crippen molar-refractivity contribution in [3.63, 3.8) is 0 Å². The second-order valence-corrected chi connectivity index (χ2v) is 6.67. The third-order valence-electron chi connectivity index (χ3n) is 3.85. The van der Waals surface area contributed by atoms with E-state index in [1.54, 1.807) is 0 Å². The van der Waals surface area contributed by atoms with Gasteiger partial charge in [-0.3, -0.25) is 0 Å². The molecule has 1 atom stereocenters. The number of thioether (sulfide) groups is 1. The van der Waals surface area contributed by atoms with Gasteiger partial charge in [0.1, 0.15) is 0 Å². The highest BCUT2D eigenvalue weighted by atomic mass is 32.2. The zero-order valence-electron chi connectivity index (χ0n) is 12.2. The number of benzene rings is 1. The Hall–Kier alpha value is -0.670. The Bertz CT molecular complexity index is 398. The standard InChI is InChI=1S/C16H26N2S/c1-3-15(17)12-14-5-6-16(13(2)11-14)18-7-4-9-19-10-8-18/h5-6,11,15H,3-4,7-10,12,17H2,1-2H3. The fourth-order valence-electron chi connectivity index (χ4n) is 2.63. The summed E-state index contributed by atoms with van der Waals surface area (Å²) in [6.45, 7) is 6.76. The summed E-state index contributed by atoms with van der Waals surface area (Å²) in [7, 11) is 0. The number of hydrogen-bond donors (Lipinski definition) is 1. The Morgan fingerprint density at radius 2 is 2.16 bits per heavy atom. The van der Waals surface area contributed by atoms with Crippen LogP contribution in [-0.4, -0.2) is 30.6 Å². The monoisotopic (exact) mass is 278 g/mol. The summed E-state index contributed by atoms with van der Waals surface area (Å²) in [5.74, 6) is 2.56. The van der Waals surface area contributed by atoms with E-state index in [0.717, 1.165) is 12.8 Å². The van der Waals surface area contributed by atoms with Gasteiger partial charge in [-0.1, -0.05) is 19.1 Å². The fourth-order valence-corrected chi connectivity index (χ4v) is 3.52. The van der Waals surface area contributed by atoms with Gasteiger partial charge in [0.05, 0.1) is 0 Å². The van der Waals surface area contributed by atoms with E-state index in [0.29, 0.717) is 6.04 Å². The van der Waals surface area contributed by atoms with Gasteiger partial charge in [-0.15, -0.1) is 0 Å². The molecule has 3 heteroatoms. The first kappa shape index (κ1) is 14.7. The maximum Gasteiger partial charge on any atom is 0.0396 e. The Balaban J connectivity index is 2.09. The van der Waals surface area contributed by atoms with Gasteiger partial charge in [-0.25, -0.2) is 0 Å². The second kappa shape index (κ2) is 7.20. The number of rotatable bonds is 4. The van der Waals surface area contributed by atoms with Crippen LogP contribution in [0.1, 0.15) is 30.9 Å². The fraction of sp³-hybridized carbons (Fsp3) is 0.625. The molecule has 19 heavy (non-hydrogen) atoms. The Morgan fingerprint density at radius 3 is 2.89 bits per heavy atom. The summed E-state index contributed by atoms with van der Waals surface area (Å²) < 4.78 is 0. The summed E-state index contributed by atoms with van der Waals surface area (Å²) in [6, 6.07) is 7.17. The molecule has 2 N–H and O–H groups in total. The maximum absolute atomic E-state index is 6.04. The van der Waals surface area contributed by atoms with Gasteiger partial charge in [0.25, 0.3) is 0 Å². The molecule has 1 unspecified atom stereocenters. The summed E-state index contributed by atoms with van der Waals surface area (Å²) >= 11 is 2.08. The number of nitrogens with two attached hydrogens (primary N) is 1. The molecule has 1 aliphatic heterocycles. The first-order valence-electron chi connectivity index (χ1n) is 7.38. The van der Waals surface area contributed by atoms with Crippen LogP contribution in [-0.2, 0) is 6.42 Å². The highest BCUT2D eigenvalue weighted by molar-refractivity contribution is 7.99. The van der Waals surface area contributed by atoms with Gasteiger partial charge < -0.3 is 10.6 Å². The van der Waals surface area contributed by atoms with Crippen LogP contribution in [0, 0.1) is 6.92 Å². The molecule has 1 aromatic rings. The van der Waals surface area contributed by atoms with Gasteiger partial charge in [-0.2, -0.15) is 11.8 Å². The van der Waals surface area contributed by atoms with Crippen molar-refractivity contribution in [1.82, 2.24) is 0 Å². The van der Waals surface area contributed by atoms with Crippen molar-refractivity contribution in [2.75, 3.05) is 29.5 Å². The predicted octanol–water partition coefficient (Wildman–Crippen LogP) is 3.22. The zero-order chi connectivity index (χ0) is 13.7. The predicted molar refractivity (Wildman–Crippen MR) is 87.3 cm³/mol. The highest BCUT2D eigenvalue weighted by Gasteiger charge is 2.12. The molecular formula is C16H26N2S. The molecule has 0 amide bonds. The molecule has 1 fully saturated rings. The Labute approximate surface area is 121 Å². The molecule has 1 aliphatic rings. The zero-order valence-corrected chi connectivity index (χ0v) is 13.0. The van der Waals surface area contributed by atoms with E-state index in [2.05, 4.69) is 48.7 Å². The van der Waals surface area contributed by atoms with Gasteiger partial charge >= 0.3 is 0 Å². The van der Waals surface area contributed by atoms with E-state index in [4.69, 9.17) is 5.73 Å². The topological polar surface area (TPSA) is 29.3 Å². The number of anilines is 1. The first-order valence-corrected chi connectivity index (χ1v) is 8.54. The minimum absolute atomic E-state index is 0.292. The van der Waals surface area contributed by atoms with Crippen LogP contribution in [0.25, 0.3) is 0 Å². The minimum atomic E-state index is 0.292. The molecule has 0 aromatic heterocycles. The van der Waals surface area contributed by atoms with Crippen LogP contribution in [0.15, 0.2) is 18.2 Å². The normalized spacial score (nSPS) is 18.2. The lowest BCUT2D eigenvalue weighted by Gasteiger charge is -2.25. The lowest BCUT2D eigenvalue weighted by molar-refractivity contribution is 0.646. The van der Waals surface area contributed by atoms with Crippen molar-refractivity contribution in [3.8, 4) is 0 Å². The van der Waals surface area contributed by atoms with Crippen molar-refractivity contribution >= 4 is 17.4 Å². The lowest BCUT2D eigenvalue weighted by atomic mass is 10.0. The average Bonchev–Trinajstić information content (AvgIpc) is 2.67. The summed E-state index contributed by atoms with van der Waals surface area (Å²) in [5.41, 5.74) is 10.2. The lowest BCUT2D eigenvalue weighted by Crippen LogP contribution is -2.26. The highest BCUT2D eigenvalue weighted by Crippen LogP contribution is 2.24. The summed E-state index contributed by atoms with van der Waals surface area (Å²) in [6.07, 6.45) is 3.34. The van der Waals surface area contributed by atoms with Crippen molar-refractivity contribution in [1.29, 1.82) is 0 Å². The molecule has 1 saturated heterocycles. The van der Waals surface area contributed by atoms with Crippen LogP contribution < -0.4 is 10.6 Å². The van der Waals surface area contributed by atoms with Crippen molar-refractivity contribution in [2.45, 2.75) is 39.2 Å². The number of aryl methyl sites for hydroxylation is 1. The van der Waals surface area contributed by atoms with Crippen molar-refractivity contribution < 1.29 is 0 Å². The molecule has 1 heterocycles. The quantitative estimate of drug-likeness (QED) is 0.917. The van der Waals surface area contributed by atoms with E-state index in [-0.39, 0.29) is 0 Å². The molecule has 0 aliphatic carbocycles. The molecule has 0 radical (unpaired) electrons. The molecular weight excluding hydrogens is 252 g/mol. The van der Waals surface area contributed by atoms with E-state index >= 15 is 0 Å². The third kappa shape index (κ3) is 4.15. The SMILES string of the molecule is CCC(N)Cc1ccc(N2CCCSCC2)c(C)c1.